The molecule has 24 heavy (non-hydrogen) atoms. The lowest BCUT2D eigenvalue weighted by atomic mass is 10.2. The Kier molecular flexibility index (Phi) is 4.57. The lowest BCUT2D eigenvalue weighted by Gasteiger charge is -2.10. The van der Waals surface area contributed by atoms with Gasteiger partial charge in [0.2, 0.25) is 0 Å². The molecule has 0 fully saturated rings. The SMILES string of the molecule is Cc1ccc(S(=O)(=O)Nc2ccc(NCc3ccco3)cc2)cc1. The molecule has 0 atom stereocenters. The van der Waals surface area contributed by atoms with Gasteiger partial charge in [-0.05, 0) is 55.5 Å². The van der Waals surface area contributed by atoms with Gasteiger partial charge in [-0.25, -0.2) is 8.42 Å². The maximum atomic E-state index is 12.3. The Labute approximate surface area is 141 Å². The molecule has 3 rings (SSSR count). The van der Waals surface area contributed by atoms with Gasteiger partial charge in [-0.2, -0.15) is 0 Å². The number of nitrogens with one attached hydrogen (secondary N) is 2. The van der Waals surface area contributed by atoms with Crippen molar-refractivity contribution in [2.75, 3.05) is 10.0 Å². The third kappa shape index (κ3) is 3.97. The van der Waals surface area contributed by atoms with Crippen LogP contribution in [-0.2, 0) is 16.6 Å². The number of hydrogen-bond donors (Lipinski definition) is 2. The molecule has 3 aromatic rings. The van der Waals surface area contributed by atoms with Crippen LogP contribution in [0.5, 0.6) is 0 Å². The summed E-state index contributed by atoms with van der Waals surface area (Å²) in [5, 5.41) is 3.20. The van der Waals surface area contributed by atoms with Gasteiger partial charge in [-0.3, -0.25) is 4.72 Å². The van der Waals surface area contributed by atoms with Crippen molar-refractivity contribution in [3.05, 3.63) is 78.3 Å². The summed E-state index contributed by atoms with van der Waals surface area (Å²) in [5.74, 6) is 0.833. The molecule has 0 aliphatic heterocycles. The van der Waals surface area contributed by atoms with Gasteiger partial charge in [0.05, 0.1) is 17.7 Å². The zero-order valence-corrected chi connectivity index (χ0v) is 14.0. The van der Waals surface area contributed by atoms with Crippen molar-refractivity contribution in [1.82, 2.24) is 0 Å². The quantitative estimate of drug-likeness (QED) is 0.710. The molecule has 0 bridgehead atoms. The molecule has 0 saturated heterocycles. The largest absolute Gasteiger partial charge is 0.467 e. The Balaban J connectivity index is 1.66. The summed E-state index contributed by atoms with van der Waals surface area (Å²) in [6.07, 6.45) is 1.62. The van der Waals surface area contributed by atoms with Crippen molar-refractivity contribution < 1.29 is 12.8 Å². The Morgan fingerprint density at radius 2 is 1.58 bits per heavy atom. The topological polar surface area (TPSA) is 71.3 Å². The van der Waals surface area contributed by atoms with Crippen molar-refractivity contribution in [1.29, 1.82) is 0 Å². The maximum Gasteiger partial charge on any atom is 0.261 e. The first-order valence-electron chi connectivity index (χ1n) is 7.49. The summed E-state index contributed by atoms with van der Waals surface area (Å²) in [4.78, 5) is 0.244. The minimum Gasteiger partial charge on any atom is -0.467 e. The van der Waals surface area contributed by atoms with E-state index in [-0.39, 0.29) is 4.90 Å². The average molecular weight is 342 g/mol. The Morgan fingerprint density at radius 1 is 0.917 bits per heavy atom. The second-order valence-electron chi connectivity index (χ2n) is 5.43. The van der Waals surface area contributed by atoms with E-state index in [1.54, 1.807) is 42.7 Å². The van der Waals surface area contributed by atoms with E-state index in [1.807, 2.05) is 31.2 Å². The summed E-state index contributed by atoms with van der Waals surface area (Å²) < 4.78 is 32.5. The Morgan fingerprint density at radius 3 is 2.21 bits per heavy atom. The first kappa shape index (κ1) is 16.1. The predicted molar refractivity (Wildman–Crippen MR) is 94.5 cm³/mol. The van der Waals surface area contributed by atoms with Gasteiger partial charge < -0.3 is 9.73 Å². The van der Waals surface area contributed by atoms with Gasteiger partial charge in [0, 0.05) is 11.4 Å². The van der Waals surface area contributed by atoms with E-state index in [0.717, 1.165) is 17.0 Å². The van der Waals surface area contributed by atoms with Crippen molar-refractivity contribution in [2.45, 2.75) is 18.4 Å². The van der Waals surface area contributed by atoms with E-state index < -0.39 is 10.0 Å². The van der Waals surface area contributed by atoms with E-state index in [2.05, 4.69) is 10.0 Å². The number of hydrogen-bond acceptors (Lipinski definition) is 4. The smallest absolute Gasteiger partial charge is 0.261 e. The summed E-state index contributed by atoms with van der Waals surface area (Å²) >= 11 is 0. The van der Waals surface area contributed by atoms with Crippen molar-refractivity contribution in [3.8, 4) is 0 Å². The van der Waals surface area contributed by atoms with Gasteiger partial charge >= 0.3 is 0 Å². The number of rotatable bonds is 6. The van der Waals surface area contributed by atoms with E-state index >= 15 is 0 Å². The third-order valence-electron chi connectivity index (χ3n) is 3.52. The van der Waals surface area contributed by atoms with Crippen molar-refractivity contribution in [2.24, 2.45) is 0 Å². The summed E-state index contributed by atoms with van der Waals surface area (Å²) in [7, 11) is -3.58. The molecule has 2 aromatic carbocycles. The number of aryl methyl sites for hydroxylation is 1. The molecule has 0 aliphatic carbocycles. The van der Waals surface area contributed by atoms with E-state index in [4.69, 9.17) is 4.42 Å². The van der Waals surface area contributed by atoms with E-state index in [0.29, 0.717) is 12.2 Å². The van der Waals surface area contributed by atoms with Gasteiger partial charge in [0.1, 0.15) is 5.76 Å². The molecule has 2 N–H and O–H groups in total. The third-order valence-corrected chi connectivity index (χ3v) is 4.91. The first-order valence-corrected chi connectivity index (χ1v) is 8.97. The lowest BCUT2D eigenvalue weighted by Crippen LogP contribution is -2.12. The van der Waals surface area contributed by atoms with Gasteiger partial charge in [0.25, 0.3) is 10.0 Å². The second kappa shape index (κ2) is 6.80. The predicted octanol–water partition coefficient (Wildman–Crippen LogP) is 4.00. The standard InChI is InChI=1S/C18H18N2O3S/c1-14-4-10-18(11-5-14)24(21,22)20-16-8-6-15(7-9-16)19-13-17-3-2-12-23-17/h2-12,19-20H,13H2,1H3. The minimum atomic E-state index is -3.58. The van der Waals surface area contributed by atoms with Crippen LogP contribution in [0.1, 0.15) is 11.3 Å². The zero-order valence-electron chi connectivity index (χ0n) is 13.2. The fraction of sp³-hybridized carbons (Fsp3) is 0.111. The summed E-state index contributed by atoms with van der Waals surface area (Å²) in [6.45, 7) is 2.49. The highest BCUT2D eigenvalue weighted by Crippen LogP contribution is 2.19. The number of anilines is 2. The number of furan rings is 1. The maximum absolute atomic E-state index is 12.3. The van der Waals surface area contributed by atoms with Crippen LogP contribution in [0.4, 0.5) is 11.4 Å². The van der Waals surface area contributed by atoms with Gasteiger partial charge in [0.15, 0.2) is 0 Å². The molecule has 1 aromatic heterocycles. The Hall–Kier alpha value is -2.73. The van der Waals surface area contributed by atoms with Gasteiger partial charge in [-0.1, -0.05) is 17.7 Å². The molecule has 6 heteroatoms. The van der Waals surface area contributed by atoms with Crippen LogP contribution in [-0.4, -0.2) is 8.42 Å². The molecule has 0 unspecified atom stereocenters. The normalized spacial score (nSPS) is 11.2. The summed E-state index contributed by atoms with van der Waals surface area (Å²) in [5.41, 5.74) is 2.41. The highest BCUT2D eigenvalue weighted by Gasteiger charge is 2.13. The van der Waals surface area contributed by atoms with Crippen LogP contribution >= 0.6 is 0 Å². The Bertz CT molecular complexity index is 884. The minimum absolute atomic E-state index is 0.244. The molecule has 0 spiro atoms. The molecule has 0 radical (unpaired) electrons. The van der Waals surface area contributed by atoms with Crippen LogP contribution in [0.2, 0.25) is 0 Å². The molecule has 124 valence electrons. The number of benzene rings is 2. The molecular formula is C18H18N2O3S. The van der Waals surface area contributed by atoms with Crippen LogP contribution < -0.4 is 10.0 Å². The monoisotopic (exact) mass is 342 g/mol. The fourth-order valence-corrected chi connectivity index (χ4v) is 3.25. The molecular weight excluding hydrogens is 324 g/mol. The highest BCUT2D eigenvalue weighted by molar-refractivity contribution is 7.92. The molecule has 0 amide bonds. The van der Waals surface area contributed by atoms with E-state index in [9.17, 15) is 8.42 Å². The summed E-state index contributed by atoms with van der Waals surface area (Å²) in [6, 6.07) is 17.5. The number of sulfonamides is 1. The van der Waals surface area contributed by atoms with Crippen LogP contribution in [0, 0.1) is 6.92 Å². The van der Waals surface area contributed by atoms with Crippen molar-refractivity contribution >= 4 is 21.4 Å². The fourth-order valence-electron chi connectivity index (χ4n) is 2.19. The second-order valence-corrected chi connectivity index (χ2v) is 7.11. The molecule has 0 saturated carbocycles. The van der Waals surface area contributed by atoms with Crippen LogP contribution in [0.3, 0.4) is 0 Å². The average Bonchev–Trinajstić information content (AvgIpc) is 3.08. The molecule has 5 nitrogen and oxygen atoms in total. The highest BCUT2D eigenvalue weighted by atomic mass is 32.2. The molecule has 1 heterocycles. The van der Waals surface area contributed by atoms with Crippen LogP contribution in [0.25, 0.3) is 0 Å². The lowest BCUT2D eigenvalue weighted by molar-refractivity contribution is 0.518. The van der Waals surface area contributed by atoms with Crippen LogP contribution in [0.15, 0.2) is 76.2 Å². The zero-order chi connectivity index (χ0) is 17.0. The van der Waals surface area contributed by atoms with Gasteiger partial charge in [-0.15, -0.1) is 0 Å². The first-order chi connectivity index (χ1) is 11.5. The van der Waals surface area contributed by atoms with Crippen molar-refractivity contribution in [3.63, 3.8) is 0 Å². The molecule has 0 aliphatic rings. The van der Waals surface area contributed by atoms with E-state index in [1.165, 1.54) is 0 Å².